The van der Waals surface area contributed by atoms with Crippen molar-refractivity contribution in [1.82, 2.24) is 0 Å². The van der Waals surface area contributed by atoms with E-state index in [9.17, 15) is 9.59 Å². The van der Waals surface area contributed by atoms with Crippen LogP contribution in [0.4, 0.5) is 11.4 Å². The van der Waals surface area contributed by atoms with Crippen molar-refractivity contribution >= 4 is 39.2 Å². The van der Waals surface area contributed by atoms with Crippen LogP contribution < -0.4 is 9.47 Å². The maximum Gasteiger partial charge on any atom is 0.333 e. The Morgan fingerprint density at radius 2 is 1.07 bits per heavy atom. The zero-order valence-electron chi connectivity index (χ0n) is 24.5. The number of hydrogen-bond donors (Lipinski definition) is 0. The molecule has 0 spiro atoms. The summed E-state index contributed by atoms with van der Waals surface area (Å²) in [5.74, 6) is 1.03. The van der Waals surface area contributed by atoms with Gasteiger partial charge in [0.25, 0.3) is 0 Å². The number of carbonyl (C=O) groups excluding carboxylic acids is 2. The first-order valence-corrected chi connectivity index (χ1v) is 15.0. The highest BCUT2D eigenvalue weighted by molar-refractivity contribution is 9.10. The molecule has 8 nitrogen and oxygen atoms in total. The van der Waals surface area contributed by atoms with Crippen molar-refractivity contribution in [2.75, 3.05) is 26.4 Å². The maximum atomic E-state index is 11.7. The summed E-state index contributed by atoms with van der Waals surface area (Å²) in [6.45, 7) is 10.9. The van der Waals surface area contributed by atoms with Gasteiger partial charge in [0, 0.05) is 5.57 Å². The number of esters is 2. The molecule has 41 heavy (non-hydrogen) atoms. The summed E-state index contributed by atoms with van der Waals surface area (Å²) in [4.78, 5) is 23.0. The van der Waals surface area contributed by atoms with Gasteiger partial charge in [0.15, 0.2) is 0 Å². The molecule has 0 aliphatic heterocycles. The smallest absolute Gasteiger partial charge is 0.333 e. The molecule has 0 fully saturated rings. The topological polar surface area (TPSA) is 95.8 Å². The fourth-order valence-electron chi connectivity index (χ4n) is 3.45. The van der Waals surface area contributed by atoms with Crippen molar-refractivity contribution in [1.29, 1.82) is 0 Å². The highest BCUT2D eigenvalue weighted by Gasteiger charge is 2.24. The van der Waals surface area contributed by atoms with Crippen molar-refractivity contribution in [3.05, 3.63) is 60.7 Å². The number of ether oxygens (including phenoxy) is 4. The Labute approximate surface area is 252 Å². The molecular formula is C32H43BrN2O6. The first-order valence-electron chi connectivity index (χ1n) is 14.2. The van der Waals surface area contributed by atoms with E-state index < -0.39 is 4.32 Å². The van der Waals surface area contributed by atoms with Gasteiger partial charge in [-0.05, 0) is 121 Å². The molecule has 2 aromatic carbocycles. The quantitative estimate of drug-likeness (QED) is 0.0477. The number of rotatable bonds is 20. The highest BCUT2D eigenvalue weighted by Crippen LogP contribution is 2.23. The van der Waals surface area contributed by atoms with Gasteiger partial charge >= 0.3 is 11.9 Å². The Bertz CT molecular complexity index is 1090. The number of halogens is 1. The molecular weight excluding hydrogens is 588 g/mol. The predicted molar refractivity (Wildman–Crippen MR) is 165 cm³/mol. The normalized spacial score (nSPS) is 11.3. The van der Waals surface area contributed by atoms with Crippen molar-refractivity contribution in [2.24, 2.45) is 10.2 Å². The molecule has 0 heterocycles. The van der Waals surface area contributed by atoms with Crippen LogP contribution in [-0.2, 0) is 19.1 Å². The Morgan fingerprint density at radius 3 is 1.46 bits per heavy atom. The Morgan fingerprint density at radius 1 is 0.683 bits per heavy atom. The van der Waals surface area contributed by atoms with E-state index in [0.29, 0.717) is 32.0 Å². The number of benzene rings is 2. The number of hydrogen-bond acceptors (Lipinski definition) is 8. The van der Waals surface area contributed by atoms with Crippen LogP contribution in [-0.4, -0.2) is 42.7 Å². The lowest BCUT2D eigenvalue weighted by Crippen LogP contribution is -2.26. The van der Waals surface area contributed by atoms with Crippen molar-refractivity contribution in [3.8, 4) is 11.5 Å². The minimum absolute atomic E-state index is 0.232. The SMILES string of the molecule is C=C(C)C(=O)OCCCCCCOc1ccc(N=Nc2ccc(OCCCCCCOC(=O)C(C)(C)Br)cc2)cc1. The summed E-state index contributed by atoms with van der Waals surface area (Å²) < 4.78 is 21.3. The Kier molecular flexibility index (Phi) is 15.8. The maximum absolute atomic E-state index is 11.7. The van der Waals surface area contributed by atoms with E-state index in [2.05, 4.69) is 32.7 Å². The third-order valence-electron chi connectivity index (χ3n) is 5.87. The van der Waals surface area contributed by atoms with Crippen LogP contribution in [0.5, 0.6) is 11.5 Å². The molecule has 9 heteroatoms. The molecule has 0 bridgehead atoms. The molecule has 0 aliphatic carbocycles. The molecule has 0 aliphatic rings. The van der Waals surface area contributed by atoms with E-state index in [1.807, 2.05) is 48.5 Å². The summed E-state index contributed by atoms with van der Waals surface area (Å²) in [6, 6.07) is 15.1. The van der Waals surface area contributed by atoms with E-state index in [1.165, 1.54) is 0 Å². The van der Waals surface area contributed by atoms with Gasteiger partial charge in [-0.15, -0.1) is 0 Å². The summed E-state index contributed by atoms with van der Waals surface area (Å²) in [5.41, 5.74) is 1.92. The van der Waals surface area contributed by atoms with Gasteiger partial charge in [-0.25, -0.2) is 4.79 Å². The van der Waals surface area contributed by atoms with Gasteiger partial charge in [-0.2, -0.15) is 10.2 Å². The van der Waals surface area contributed by atoms with E-state index in [-0.39, 0.29) is 11.9 Å². The molecule has 0 aromatic heterocycles. The number of nitrogens with zero attached hydrogens (tertiary/aromatic N) is 2. The molecule has 2 aromatic rings. The van der Waals surface area contributed by atoms with E-state index in [0.717, 1.165) is 74.2 Å². The number of carbonyl (C=O) groups is 2. The average Bonchev–Trinajstić information content (AvgIpc) is 2.95. The molecule has 0 amide bonds. The summed E-state index contributed by atoms with van der Waals surface area (Å²) in [7, 11) is 0. The fraction of sp³-hybridized carbons (Fsp3) is 0.500. The molecule has 0 unspecified atom stereocenters. The molecule has 0 atom stereocenters. The predicted octanol–water partition coefficient (Wildman–Crippen LogP) is 8.82. The Balaban J connectivity index is 1.55. The van der Waals surface area contributed by atoms with Gasteiger partial charge in [0.2, 0.25) is 0 Å². The van der Waals surface area contributed by atoms with E-state index in [4.69, 9.17) is 18.9 Å². The number of alkyl halides is 1. The van der Waals surface area contributed by atoms with Gasteiger partial charge in [0.05, 0.1) is 37.8 Å². The minimum atomic E-state index is -0.631. The zero-order chi connectivity index (χ0) is 29.9. The first-order chi connectivity index (χ1) is 19.6. The lowest BCUT2D eigenvalue weighted by Gasteiger charge is -2.14. The van der Waals surface area contributed by atoms with Gasteiger partial charge < -0.3 is 18.9 Å². The van der Waals surface area contributed by atoms with Crippen LogP contribution in [0, 0.1) is 0 Å². The van der Waals surface area contributed by atoms with Crippen LogP contribution in [0.2, 0.25) is 0 Å². The van der Waals surface area contributed by atoms with Gasteiger partial charge in [-0.3, -0.25) is 4.79 Å². The highest BCUT2D eigenvalue weighted by atomic mass is 79.9. The molecule has 0 N–H and O–H groups in total. The largest absolute Gasteiger partial charge is 0.494 e. The van der Waals surface area contributed by atoms with Crippen LogP contribution in [0.3, 0.4) is 0 Å². The van der Waals surface area contributed by atoms with Crippen molar-refractivity contribution < 1.29 is 28.5 Å². The molecule has 0 saturated carbocycles. The molecule has 0 radical (unpaired) electrons. The third-order valence-corrected chi connectivity index (χ3v) is 6.19. The van der Waals surface area contributed by atoms with Crippen LogP contribution in [0.15, 0.2) is 70.9 Å². The molecule has 224 valence electrons. The summed E-state index contributed by atoms with van der Waals surface area (Å²) >= 11 is 3.30. The number of azo groups is 1. The average molecular weight is 632 g/mol. The van der Waals surface area contributed by atoms with E-state index in [1.54, 1.807) is 20.8 Å². The second-order valence-electron chi connectivity index (χ2n) is 10.2. The van der Waals surface area contributed by atoms with Crippen LogP contribution >= 0.6 is 15.9 Å². The van der Waals surface area contributed by atoms with Crippen LogP contribution in [0.25, 0.3) is 0 Å². The second-order valence-corrected chi connectivity index (χ2v) is 12.2. The van der Waals surface area contributed by atoms with Crippen molar-refractivity contribution in [3.63, 3.8) is 0 Å². The first kappa shape index (κ1) is 34.0. The number of unbranched alkanes of at least 4 members (excludes halogenated alkanes) is 6. The van der Waals surface area contributed by atoms with Gasteiger partial charge in [0.1, 0.15) is 15.8 Å². The Hall–Kier alpha value is -3.20. The summed E-state index contributed by atoms with van der Waals surface area (Å²) in [6.07, 6.45) is 7.57. The van der Waals surface area contributed by atoms with Crippen molar-refractivity contribution in [2.45, 2.75) is 76.5 Å². The lowest BCUT2D eigenvalue weighted by atomic mass is 10.2. The third kappa shape index (κ3) is 15.4. The minimum Gasteiger partial charge on any atom is -0.494 e. The van der Waals surface area contributed by atoms with Gasteiger partial charge in [-0.1, -0.05) is 22.5 Å². The summed E-state index contributed by atoms with van der Waals surface area (Å²) in [5, 5.41) is 8.60. The zero-order valence-corrected chi connectivity index (χ0v) is 26.1. The monoisotopic (exact) mass is 630 g/mol. The molecule has 2 rings (SSSR count). The lowest BCUT2D eigenvalue weighted by molar-refractivity contribution is -0.145. The van der Waals surface area contributed by atoms with E-state index >= 15 is 0 Å². The fourth-order valence-corrected chi connectivity index (χ4v) is 3.57. The second kappa shape index (κ2) is 19.0. The standard InChI is InChI=1S/C32H43BrN2O6/c1-25(2)30(36)40-23-11-7-5-9-21-38-28-17-13-26(14-18-28)34-35-27-15-19-29(20-16-27)39-22-10-6-8-12-24-41-31(37)32(3,4)33/h13-20H,1,5-12,21-24H2,2-4H3. The molecule has 0 saturated heterocycles. The van der Waals surface area contributed by atoms with Crippen LogP contribution in [0.1, 0.15) is 72.1 Å².